The summed E-state index contributed by atoms with van der Waals surface area (Å²) in [6.07, 6.45) is 0. The molecule has 0 fully saturated rings. The molecule has 2 aromatic carbocycles. The Kier molecular flexibility index (Phi) is 5.29. The first kappa shape index (κ1) is 18.7. The van der Waals surface area contributed by atoms with Gasteiger partial charge in [0.1, 0.15) is 12.4 Å². The third kappa shape index (κ3) is 4.45. The molecule has 0 spiro atoms. The fraction of sp³-hybridized carbons (Fsp3) is 0.227. The van der Waals surface area contributed by atoms with Crippen LogP contribution in [0.3, 0.4) is 0 Å². The lowest BCUT2D eigenvalue weighted by molar-refractivity contribution is 0.306. The van der Waals surface area contributed by atoms with Crippen LogP contribution < -0.4 is 15.6 Å². The number of nitrogens with zero attached hydrogens (tertiary/aromatic N) is 3. The van der Waals surface area contributed by atoms with Gasteiger partial charge >= 0.3 is 0 Å². The Morgan fingerprint density at radius 2 is 1.79 bits per heavy atom. The van der Waals surface area contributed by atoms with Crippen LogP contribution in [0.15, 0.2) is 65.5 Å². The zero-order chi connectivity index (χ0) is 20.2. The molecule has 2 heterocycles. The molecular formula is C22H23N5O2. The number of fused-ring (bicyclic) bond motifs is 1. The quantitative estimate of drug-likeness (QED) is 0.503. The number of aromatic amines is 1. The lowest BCUT2D eigenvalue weighted by Gasteiger charge is -2.08. The second-order valence-electron chi connectivity index (χ2n) is 7.15. The predicted octanol–water partition coefficient (Wildman–Crippen LogP) is 3.73. The van der Waals surface area contributed by atoms with Crippen molar-refractivity contribution in [1.29, 1.82) is 0 Å². The van der Waals surface area contributed by atoms with Crippen LogP contribution in [0.4, 0.5) is 5.95 Å². The molecule has 0 amide bonds. The standard InChI is InChI=1S/C22H23N5O2/c1-15(2)19-12-20(28)27-22(24-19)25-21(26-27)23-13-16-8-10-18(11-9-16)29-14-17-6-4-3-5-7-17/h3-12,15H,13-14H2,1-2H3,(H2,23,24,25,26). The van der Waals surface area contributed by atoms with Gasteiger partial charge in [-0.15, -0.1) is 0 Å². The number of anilines is 1. The van der Waals surface area contributed by atoms with Crippen LogP contribution >= 0.6 is 0 Å². The van der Waals surface area contributed by atoms with E-state index in [2.05, 4.69) is 20.4 Å². The maximum absolute atomic E-state index is 12.2. The summed E-state index contributed by atoms with van der Waals surface area (Å²) in [6, 6.07) is 19.5. The van der Waals surface area contributed by atoms with Crippen LogP contribution in [0.25, 0.3) is 5.78 Å². The summed E-state index contributed by atoms with van der Waals surface area (Å²) in [6.45, 7) is 5.09. The molecular weight excluding hydrogens is 366 g/mol. The van der Waals surface area contributed by atoms with Gasteiger partial charge in [0.15, 0.2) is 0 Å². The van der Waals surface area contributed by atoms with Gasteiger partial charge in [0, 0.05) is 12.6 Å². The Hall–Kier alpha value is -3.61. The highest BCUT2D eigenvalue weighted by molar-refractivity contribution is 5.38. The van der Waals surface area contributed by atoms with E-state index in [9.17, 15) is 4.79 Å². The van der Waals surface area contributed by atoms with Crippen LogP contribution in [-0.4, -0.2) is 19.6 Å². The van der Waals surface area contributed by atoms with Crippen molar-refractivity contribution in [3.63, 3.8) is 0 Å². The maximum atomic E-state index is 12.2. The number of H-pyrrole nitrogens is 1. The van der Waals surface area contributed by atoms with Gasteiger partial charge in [-0.05, 0) is 29.2 Å². The molecule has 148 valence electrons. The molecule has 0 bridgehead atoms. The van der Waals surface area contributed by atoms with Crippen molar-refractivity contribution in [1.82, 2.24) is 19.6 Å². The first-order chi connectivity index (χ1) is 14.1. The first-order valence-corrected chi connectivity index (χ1v) is 9.58. The highest BCUT2D eigenvalue weighted by Crippen LogP contribution is 2.15. The molecule has 29 heavy (non-hydrogen) atoms. The van der Waals surface area contributed by atoms with Crippen molar-refractivity contribution in [3.05, 3.63) is 87.8 Å². The molecule has 0 radical (unpaired) electrons. The zero-order valence-corrected chi connectivity index (χ0v) is 16.4. The molecule has 7 heteroatoms. The van der Waals surface area contributed by atoms with Crippen molar-refractivity contribution in [2.45, 2.75) is 32.9 Å². The smallest absolute Gasteiger partial charge is 0.274 e. The zero-order valence-electron chi connectivity index (χ0n) is 16.4. The van der Waals surface area contributed by atoms with Crippen molar-refractivity contribution in [3.8, 4) is 5.75 Å². The number of rotatable bonds is 7. The van der Waals surface area contributed by atoms with Gasteiger partial charge in [0.2, 0.25) is 5.95 Å². The second kappa shape index (κ2) is 8.18. The first-order valence-electron chi connectivity index (χ1n) is 9.58. The van der Waals surface area contributed by atoms with E-state index in [-0.39, 0.29) is 11.5 Å². The lowest BCUT2D eigenvalue weighted by atomic mass is 10.1. The molecule has 0 atom stereocenters. The van der Waals surface area contributed by atoms with Gasteiger partial charge < -0.3 is 10.1 Å². The van der Waals surface area contributed by atoms with Crippen LogP contribution in [-0.2, 0) is 13.2 Å². The van der Waals surface area contributed by atoms with Crippen LogP contribution in [0.2, 0.25) is 0 Å². The van der Waals surface area contributed by atoms with E-state index < -0.39 is 0 Å². The number of nitrogens with one attached hydrogen (secondary N) is 2. The highest BCUT2D eigenvalue weighted by Gasteiger charge is 2.10. The topological polar surface area (TPSA) is 84.3 Å². The molecule has 4 aromatic rings. The molecule has 0 aliphatic carbocycles. The fourth-order valence-electron chi connectivity index (χ4n) is 2.90. The number of hydrogen-bond acceptors (Lipinski definition) is 5. The Morgan fingerprint density at radius 1 is 1.03 bits per heavy atom. The number of ether oxygens (including phenoxy) is 1. The molecule has 7 nitrogen and oxygen atoms in total. The molecule has 0 unspecified atom stereocenters. The number of aromatic nitrogens is 4. The Morgan fingerprint density at radius 3 is 2.52 bits per heavy atom. The second-order valence-corrected chi connectivity index (χ2v) is 7.15. The van der Waals surface area contributed by atoms with E-state index in [1.807, 2.05) is 68.4 Å². The molecule has 2 aromatic heterocycles. The van der Waals surface area contributed by atoms with Gasteiger partial charge in [-0.1, -0.05) is 56.3 Å². The summed E-state index contributed by atoms with van der Waals surface area (Å²) in [5.74, 6) is 1.86. The summed E-state index contributed by atoms with van der Waals surface area (Å²) in [7, 11) is 0. The number of benzene rings is 2. The van der Waals surface area contributed by atoms with E-state index >= 15 is 0 Å². The minimum Gasteiger partial charge on any atom is -0.489 e. The molecule has 0 saturated carbocycles. The van der Waals surface area contributed by atoms with Crippen molar-refractivity contribution in [2.75, 3.05) is 5.32 Å². The monoisotopic (exact) mass is 389 g/mol. The summed E-state index contributed by atoms with van der Waals surface area (Å²) in [5.41, 5.74) is 2.77. The third-order valence-electron chi connectivity index (χ3n) is 4.57. The van der Waals surface area contributed by atoms with E-state index in [1.165, 1.54) is 10.6 Å². The molecule has 0 aliphatic heterocycles. The minimum absolute atomic E-state index is 0.167. The Bertz CT molecular complexity index is 1150. The normalized spacial score (nSPS) is 11.1. The summed E-state index contributed by atoms with van der Waals surface area (Å²) < 4.78 is 7.15. The summed E-state index contributed by atoms with van der Waals surface area (Å²) in [5, 5.41) is 6.14. The molecule has 0 saturated heterocycles. The molecule has 0 aliphatic rings. The minimum atomic E-state index is -0.167. The Balaban J connectivity index is 1.38. The predicted molar refractivity (Wildman–Crippen MR) is 112 cm³/mol. The van der Waals surface area contributed by atoms with Crippen LogP contribution in [0.1, 0.15) is 36.6 Å². The van der Waals surface area contributed by atoms with E-state index in [0.29, 0.717) is 24.9 Å². The van der Waals surface area contributed by atoms with Gasteiger partial charge in [0.25, 0.3) is 11.3 Å². The summed E-state index contributed by atoms with van der Waals surface area (Å²) in [4.78, 5) is 21.0. The third-order valence-corrected chi connectivity index (χ3v) is 4.57. The average Bonchev–Trinajstić information content (AvgIpc) is 3.16. The van der Waals surface area contributed by atoms with E-state index in [0.717, 1.165) is 22.6 Å². The van der Waals surface area contributed by atoms with E-state index in [1.54, 1.807) is 0 Å². The SMILES string of the molecule is CC(C)c1cc(=O)n2[nH]c(NCc3ccc(OCc4ccccc4)cc3)nc2n1. The van der Waals surface area contributed by atoms with Gasteiger partial charge in [-0.25, -0.2) is 4.98 Å². The van der Waals surface area contributed by atoms with Gasteiger partial charge in [0.05, 0.1) is 5.69 Å². The van der Waals surface area contributed by atoms with Crippen LogP contribution in [0.5, 0.6) is 5.75 Å². The van der Waals surface area contributed by atoms with Crippen LogP contribution in [0, 0.1) is 0 Å². The fourth-order valence-corrected chi connectivity index (χ4v) is 2.90. The highest BCUT2D eigenvalue weighted by atomic mass is 16.5. The van der Waals surface area contributed by atoms with E-state index in [4.69, 9.17) is 4.74 Å². The van der Waals surface area contributed by atoms with Crippen molar-refractivity contribution in [2.24, 2.45) is 0 Å². The lowest BCUT2D eigenvalue weighted by Crippen LogP contribution is -2.16. The molecule has 2 N–H and O–H groups in total. The van der Waals surface area contributed by atoms with Gasteiger partial charge in [-0.2, -0.15) is 9.50 Å². The largest absolute Gasteiger partial charge is 0.489 e. The number of hydrogen-bond donors (Lipinski definition) is 2. The van der Waals surface area contributed by atoms with Crippen molar-refractivity contribution < 1.29 is 4.74 Å². The Labute approximate surface area is 168 Å². The summed E-state index contributed by atoms with van der Waals surface area (Å²) >= 11 is 0. The van der Waals surface area contributed by atoms with Gasteiger partial charge in [-0.3, -0.25) is 9.89 Å². The maximum Gasteiger partial charge on any atom is 0.274 e. The average molecular weight is 389 g/mol. The van der Waals surface area contributed by atoms with Crippen molar-refractivity contribution >= 4 is 11.7 Å². The molecule has 4 rings (SSSR count).